The van der Waals surface area contributed by atoms with Gasteiger partial charge in [-0.15, -0.1) is 12.4 Å². The third-order valence-corrected chi connectivity index (χ3v) is 3.68. The van der Waals surface area contributed by atoms with Gasteiger partial charge in [-0.2, -0.15) is 0 Å². The highest BCUT2D eigenvalue weighted by Gasteiger charge is 2.24. The zero-order valence-electron chi connectivity index (χ0n) is 11.9. The van der Waals surface area contributed by atoms with Gasteiger partial charge in [0.1, 0.15) is 5.75 Å². The van der Waals surface area contributed by atoms with Crippen molar-refractivity contribution in [2.24, 2.45) is 5.41 Å². The Labute approximate surface area is 125 Å². The number of ether oxygens (including phenoxy) is 1. The van der Waals surface area contributed by atoms with Crippen LogP contribution in [0.25, 0.3) is 17.0 Å². The molecule has 2 N–H and O–H groups in total. The number of nitrogen functional groups attached to an aromatic ring is 1. The zero-order chi connectivity index (χ0) is 13.6. The average Bonchev–Trinajstić information content (AvgIpc) is 2.36. The first-order valence-electron chi connectivity index (χ1n) is 6.45. The Hall–Kier alpha value is -1.74. The van der Waals surface area contributed by atoms with Crippen molar-refractivity contribution in [1.29, 1.82) is 0 Å². The maximum absolute atomic E-state index is 6.29. The molecule has 0 aliphatic heterocycles. The van der Waals surface area contributed by atoms with E-state index in [1.165, 1.54) is 0 Å². The molecule has 0 atom stereocenters. The van der Waals surface area contributed by atoms with E-state index in [1.54, 1.807) is 7.11 Å². The number of nitrogens with two attached hydrogens (primary N) is 1. The standard InChI is InChI=1S/C16H18N2O.ClH/c1-16(2)7-6-12-14(9-16)18-13-8-10(19-3)4-5-11(13)15(12)17;/h4-8H,9H2,1-3H3,(H2,17,18);1H. The number of nitrogens with zero attached hydrogens (tertiary/aromatic N) is 1. The molecule has 0 unspecified atom stereocenters. The number of pyridine rings is 1. The van der Waals surface area contributed by atoms with Crippen molar-refractivity contribution in [3.8, 4) is 5.75 Å². The van der Waals surface area contributed by atoms with Gasteiger partial charge >= 0.3 is 0 Å². The summed E-state index contributed by atoms with van der Waals surface area (Å²) in [4.78, 5) is 4.77. The fourth-order valence-corrected chi connectivity index (χ4v) is 2.58. The van der Waals surface area contributed by atoms with Crippen LogP contribution in [-0.2, 0) is 6.42 Å². The number of allylic oxidation sites excluding steroid dienone is 1. The molecule has 3 nitrogen and oxygen atoms in total. The molecule has 0 spiro atoms. The van der Waals surface area contributed by atoms with Gasteiger partial charge in [-0.3, -0.25) is 4.98 Å². The molecule has 1 heterocycles. The van der Waals surface area contributed by atoms with Gasteiger partial charge in [0, 0.05) is 17.0 Å². The number of aromatic nitrogens is 1. The van der Waals surface area contributed by atoms with E-state index in [9.17, 15) is 0 Å². The molecule has 0 fully saturated rings. The van der Waals surface area contributed by atoms with Gasteiger partial charge in [0.25, 0.3) is 0 Å². The average molecular weight is 291 g/mol. The molecule has 1 aliphatic rings. The van der Waals surface area contributed by atoms with Crippen LogP contribution in [0.3, 0.4) is 0 Å². The second kappa shape index (κ2) is 4.98. The minimum absolute atomic E-state index is 0. The molecule has 4 heteroatoms. The molecule has 0 saturated carbocycles. The molecule has 1 aromatic carbocycles. The smallest absolute Gasteiger partial charge is 0.121 e. The Bertz CT molecular complexity index is 692. The third-order valence-electron chi connectivity index (χ3n) is 3.68. The summed E-state index contributed by atoms with van der Waals surface area (Å²) >= 11 is 0. The van der Waals surface area contributed by atoms with Crippen LogP contribution in [0, 0.1) is 5.41 Å². The van der Waals surface area contributed by atoms with Gasteiger partial charge in [0.15, 0.2) is 0 Å². The van der Waals surface area contributed by atoms with Gasteiger partial charge < -0.3 is 10.5 Å². The van der Waals surface area contributed by atoms with Crippen LogP contribution in [0.2, 0.25) is 0 Å². The quantitative estimate of drug-likeness (QED) is 0.868. The Morgan fingerprint density at radius 2 is 2.05 bits per heavy atom. The third kappa shape index (κ3) is 2.34. The predicted molar refractivity (Wildman–Crippen MR) is 86.5 cm³/mol. The van der Waals surface area contributed by atoms with E-state index in [4.69, 9.17) is 15.5 Å². The first kappa shape index (κ1) is 14.7. The topological polar surface area (TPSA) is 48.1 Å². The first-order chi connectivity index (χ1) is 9.00. The van der Waals surface area contributed by atoms with Crippen molar-refractivity contribution in [3.05, 3.63) is 35.5 Å². The van der Waals surface area contributed by atoms with Crippen LogP contribution in [0.5, 0.6) is 5.75 Å². The number of hydrogen-bond donors (Lipinski definition) is 1. The van der Waals surface area contributed by atoms with Gasteiger partial charge in [-0.05, 0) is 24.0 Å². The van der Waals surface area contributed by atoms with Crippen LogP contribution in [-0.4, -0.2) is 12.1 Å². The molecule has 0 bridgehead atoms. The number of methoxy groups -OCH3 is 1. The van der Waals surface area contributed by atoms with E-state index in [2.05, 4.69) is 26.0 Å². The summed E-state index contributed by atoms with van der Waals surface area (Å²) in [5.74, 6) is 0.810. The molecule has 1 aromatic heterocycles. The molecular formula is C16H19ClN2O. The Balaban J connectivity index is 0.00000147. The van der Waals surface area contributed by atoms with Gasteiger partial charge in [0.2, 0.25) is 0 Å². The maximum Gasteiger partial charge on any atom is 0.121 e. The normalized spacial score (nSPS) is 15.6. The molecule has 2 aromatic rings. The van der Waals surface area contributed by atoms with Crippen LogP contribution in [0.15, 0.2) is 24.3 Å². The predicted octanol–water partition coefficient (Wildman–Crippen LogP) is 3.84. The molecule has 0 saturated heterocycles. The summed E-state index contributed by atoms with van der Waals surface area (Å²) in [6, 6.07) is 5.84. The van der Waals surface area contributed by atoms with Crippen molar-refractivity contribution in [2.45, 2.75) is 20.3 Å². The fraction of sp³-hybridized carbons (Fsp3) is 0.312. The highest BCUT2D eigenvalue weighted by molar-refractivity contribution is 5.96. The van der Waals surface area contributed by atoms with Crippen molar-refractivity contribution < 1.29 is 4.74 Å². The van der Waals surface area contributed by atoms with Crippen LogP contribution in [0.4, 0.5) is 5.69 Å². The van der Waals surface area contributed by atoms with Crippen molar-refractivity contribution in [3.63, 3.8) is 0 Å². The zero-order valence-corrected chi connectivity index (χ0v) is 12.8. The molecule has 3 rings (SSSR count). The molecule has 20 heavy (non-hydrogen) atoms. The number of anilines is 1. The maximum atomic E-state index is 6.29. The second-order valence-electron chi connectivity index (χ2n) is 5.77. The lowest BCUT2D eigenvalue weighted by molar-refractivity contribution is 0.415. The van der Waals surface area contributed by atoms with Gasteiger partial charge in [-0.1, -0.05) is 26.0 Å². The lowest BCUT2D eigenvalue weighted by Gasteiger charge is -2.26. The SMILES string of the molecule is COc1ccc2c(N)c3c(nc2c1)CC(C)(C)C=C3.Cl. The summed E-state index contributed by atoms with van der Waals surface area (Å²) < 4.78 is 5.25. The van der Waals surface area contributed by atoms with E-state index < -0.39 is 0 Å². The van der Waals surface area contributed by atoms with E-state index in [-0.39, 0.29) is 17.8 Å². The summed E-state index contributed by atoms with van der Waals surface area (Å²) in [5, 5.41) is 0.990. The minimum Gasteiger partial charge on any atom is -0.497 e. The highest BCUT2D eigenvalue weighted by Crippen LogP contribution is 2.37. The van der Waals surface area contributed by atoms with E-state index in [0.29, 0.717) is 0 Å². The summed E-state index contributed by atoms with van der Waals surface area (Å²) in [6.45, 7) is 4.42. The Morgan fingerprint density at radius 3 is 2.75 bits per heavy atom. The number of benzene rings is 1. The summed E-state index contributed by atoms with van der Waals surface area (Å²) in [7, 11) is 1.66. The fourth-order valence-electron chi connectivity index (χ4n) is 2.58. The minimum atomic E-state index is 0. The number of rotatable bonds is 1. The first-order valence-corrected chi connectivity index (χ1v) is 6.45. The Morgan fingerprint density at radius 1 is 1.30 bits per heavy atom. The summed E-state index contributed by atoms with van der Waals surface area (Å²) in [6.07, 6.45) is 5.23. The number of hydrogen-bond acceptors (Lipinski definition) is 3. The van der Waals surface area contributed by atoms with Gasteiger partial charge in [0.05, 0.1) is 24.0 Å². The van der Waals surface area contributed by atoms with E-state index in [1.807, 2.05) is 18.2 Å². The van der Waals surface area contributed by atoms with Crippen LogP contribution >= 0.6 is 12.4 Å². The van der Waals surface area contributed by atoms with Gasteiger partial charge in [-0.25, -0.2) is 0 Å². The molecule has 0 radical (unpaired) electrons. The number of halogens is 1. The van der Waals surface area contributed by atoms with Crippen LogP contribution in [0.1, 0.15) is 25.1 Å². The monoisotopic (exact) mass is 290 g/mol. The molecule has 0 amide bonds. The molecule has 1 aliphatic carbocycles. The second-order valence-corrected chi connectivity index (χ2v) is 5.77. The number of fused-ring (bicyclic) bond motifs is 2. The van der Waals surface area contributed by atoms with E-state index >= 15 is 0 Å². The van der Waals surface area contributed by atoms with E-state index in [0.717, 1.165) is 40.0 Å². The molecular weight excluding hydrogens is 272 g/mol. The highest BCUT2D eigenvalue weighted by atomic mass is 35.5. The lowest BCUT2D eigenvalue weighted by Crippen LogP contribution is -2.18. The van der Waals surface area contributed by atoms with Crippen molar-refractivity contribution in [1.82, 2.24) is 4.98 Å². The summed E-state index contributed by atoms with van der Waals surface area (Å²) in [5.41, 5.74) is 10.3. The van der Waals surface area contributed by atoms with Crippen molar-refractivity contribution >= 4 is 35.1 Å². The Kier molecular flexibility index (Phi) is 3.65. The molecule has 106 valence electrons. The lowest BCUT2D eigenvalue weighted by atomic mass is 9.81. The van der Waals surface area contributed by atoms with Crippen LogP contribution < -0.4 is 10.5 Å². The largest absolute Gasteiger partial charge is 0.497 e. The van der Waals surface area contributed by atoms with Crippen molar-refractivity contribution in [2.75, 3.05) is 12.8 Å².